The molecule has 22 heavy (non-hydrogen) atoms. The largest absolute Gasteiger partial charge is 0.469 e. The van der Waals surface area contributed by atoms with Gasteiger partial charge in [-0.25, -0.2) is 0 Å². The molecule has 1 aliphatic heterocycles. The lowest BCUT2D eigenvalue weighted by atomic mass is 9.96. The van der Waals surface area contributed by atoms with E-state index in [2.05, 4.69) is 19.2 Å². The Morgan fingerprint density at radius 2 is 2.27 bits per heavy atom. The number of hydrogen-bond donors (Lipinski definition) is 1. The molecule has 5 nitrogen and oxygen atoms in total. The van der Waals surface area contributed by atoms with Crippen molar-refractivity contribution in [3.8, 4) is 0 Å². The number of nitrogens with one attached hydrogen (secondary N) is 1. The number of nitrogens with zero attached hydrogens (tertiary/aromatic N) is 1. The van der Waals surface area contributed by atoms with Crippen LogP contribution in [0, 0.1) is 11.8 Å². The summed E-state index contributed by atoms with van der Waals surface area (Å²) in [6.07, 6.45) is 4.44. The van der Waals surface area contributed by atoms with Crippen molar-refractivity contribution in [3.05, 3.63) is 24.2 Å². The first kappa shape index (κ1) is 16.6. The number of likely N-dealkylation sites (tertiary alicyclic amines) is 1. The standard InChI is InChI=1S/C17H26N2O3/c1-13(2)11-18-17(21)14-5-3-9-19(12-14)16(20)8-7-15-6-4-10-22-15/h4,6,10,13-14H,3,5,7-9,11-12H2,1-2H3,(H,18,21). The van der Waals surface area contributed by atoms with Gasteiger partial charge in [-0.05, 0) is 30.9 Å². The highest BCUT2D eigenvalue weighted by Gasteiger charge is 2.28. The quantitative estimate of drug-likeness (QED) is 0.876. The van der Waals surface area contributed by atoms with Crippen LogP contribution < -0.4 is 5.32 Å². The topological polar surface area (TPSA) is 62.6 Å². The smallest absolute Gasteiger partial charge is 0.224 e. The Morgan fingerprint density at radius 3 is 2.95 bits per heavy atom. The van der Waals surface area contributed by atoms with Crippen molar-refractivity contribution in [1.29, 1.82) is 0 Å². The summed E-state index contributed by atoms with van der Waals surface area (Å²) in [6.45, 7) is 6.14. The van der Waals surface area contributed by atoms with Gasteiger partial charge in [0.2, 0.25) is 11.8 Å². The predicted molar refractivity (Wildman–Crippen MR) is 84.2 cm³/mol. The van der Waals surface area contributed by atoms with Gasteiger partial charge >= 0.3 is 0 Å². The third-order valence-corrected chi connectivity index (χ3v) is 3.99. The lowest BCUT2D eigenvalue weighted by Crippen LogP contribution is -2.46. The van der Waals surface area contributed by atoms with Crippen molar-refractivity contribution in [1.82, 2.24) is 10.2 Å². The van der Waals surface area contributed by atoms with Gasteiger partial charge in [0.05, 0.1) is 12.2 Å². The first-order valence-electron chi connectivity index (χ1n) is 8.14. The summed E-state index contributed by atoms with van der Waals surface area (Å²) in [7, 11) is 0. The van der Waals surface area contributed by atoms with Crippen LogP contribution in [0.5, 0.6) is 0 Å². The molecule has 2 heterocycles. The van der Waals surface area contributed by atoms with Crippen LogP contribution >= 0.6 is 0 Å². The Bertz CT molecular complexity index is 482. The molecule has 0 saturated carbocycles. The van der Waals surface area contributed by atoms with E-state index in [4.69, 9.17) is 4.42 Å². The van der Waals surface area contributed by atoms with E-state index >= 15 is 0 Å². The minimum atomic E-state index is -0.0694. The fourth-order valence-electron chi connectivity index (χ4n) is 2.71. The Morgan fingerprint density at radius 1 is 1.45 bits per heavy atom. The summed E-state index contributed by atoms with van der Waals surface area (Å²) >= 11 is 0. The average Bonchev–Trinajstić information content (AvgIpc) is 3.03. The number of hydrogen-bond acceptors (Lipinski definition) is 3. The van der Waals surface area contributed by atoms with Crippen molar-refractivity contribution in [2.45, 2.75) is 39.5 Å². The maximum Gasteiger partial charge on any atom is 0.224 e. The summed E-state index contributed by atoms with van der Waals surface area (Å²) < 4.78 is 5.25. The summed E-state index contributed by atoms with van der Waals surface area (Å²) in [6, 6.07) is 3.71. The molecule has 0 bridgehead atoms. The van der Waals surface area contributed by atoms with Crippen LogP contribution in [0.2, 0.25) is 0 Å². The maximum atomic E-state index is 12.3. The number of rotatable bonds is 6. The second kappa shape index (κ2) is 8.01. The molecule has 2 rings (SSSR count). The molecule has 1 aromatic heterocycles. The Hall–Kier alpha value is -1.78. The van der Waals surface area contributed by atoms with Gasteiger partial charge in [-0.15, -0.1) is 0 Å². The van der Waals surface area contributed by atoms with E-state index in [9.17, 15) is 9.59 Å². The fourth-order valence-corrected chi connectivity index (χ4v) is 2.71. The molecule has 1 saturated heterocycles. The molecule has 2 amide bonds. The van der Waals surface area contributed by atoms with E-state index in [1.807, 2.05) is 17.0 Å². The van der Waals surface area contributed by atoms with Crippen molar-refractivity contribution >= 4 is 11.8 Å². The summed E-state index contributed by atoms with van der Waals surface area (Å²) in [5.74, 6) is 1.39. The third kappa shape index (κ3) is 4.90. The molecule has 0 radical (unpaired) electrons. The Kier molecular flexibility index (Phi) is 6.04. The van der Waals surface area contributed by atoms with Gasteiger partial charge in [-0.2, -0.15) is 0 Å². The second-order valence-corrected chi connectivity index (χ2v) is 6.40. The van der Waals surface area contributed by atoms with Crippen LogP contribution in [0.15, 0.2) is 22.8 Å². The molecule has 1 aliphatic rings. The first-order valence-corrected chi connectivity index (χ1v) is 8.14. The number of amides is 2. The molecule has 122 valence electrons. The molecule has 0 aromatic carbocycles. The van der Waals surface area contributed by atoms with E-state index in [0.29, 0.717) is 31.8 Å². The molecule has 1 unspecified atom stereocenters. The molecule has 1 atom stereocenters. The van der Waals surface area contributed by atoms with Crippen LogP contribution in [-0.4, -0.2) is 36.3 Å². The molecule has 0 spiro atoms. The molecule has 1 N–H and O–H groups in total. The summed E-state index contributed by atoms with van der Waals surface area (Å²) in [4.78, 5) is 26.3. The SMILES string of the molecule is CC(C)CNC(=O)C1CCCN(C(=O)CCc2ccco2)C1. The van der Waals surface area contributed by atoms with Gasteiger partial charge in [0.1, 0.15) is 5.76 Å². The molecule has 0 aliphatic carbocycles. The lowest BCUT2D eigenvalue weighted by molar-refractivity contribution is -0.135. The number of piperidine rings is 1. The summed E-state index contributed by atoms with van der Waals surface area (Å²) in [5.41, 5.74) is 0. The fraction of sp³-hybridized carbons (Fsp3) is 0.647. The monoisotopic (exact) mass is 306 g/mol. The van der Waals surface area contributed by atoms with Gasteiger partial charge in [0.25, 0.3) is 0 Å². The van der Waals surface area contributed by atoms with Crippen molar-refractivity contribution in [2.75, 3.05) is 19.6 Å². The lowest BCUT2D eigenvalue weighted by Gasteiger charge is -2.32. The van der Waals surface area contributed by atoms with Crippen LogP contribution in [0.3, 0.4) is 0 Å². The zero-order valence-corrected chi connectivity index (χ0v) is 13.5. The minimum absolute atomic E-state index is 0.0694. The first-order chi connectivity index (χ1) is 10.6. The molecular formula is C17H26N2O3. The zero-order valence-electron chi connectivity index (χ0n) is 13.5. The third-order valence-electron chi connectivity index (χ3n) is 3.99. The van der Waals surface area contributed by atoms with Crippen molar-refractivity contribution in [2.24, 2.45) is 11.8 Å². The van der Waals surface area contributed by atoms with Crippen LogP contribution in [0.1, 0.15) is 38.9 Å². The number of carbonyl (C=O) groups is 2. The van der Waals surface area contributed by atoms with Gasteiger partial charge in [0, 0.05) is 32.5 Å². The van der Waals surface area contributed by atoms with E-state index in [1.165, 1.54) is 0 Å². The van der Waals surface area contributed by atoms with E-state index < -0.39 is 0 Å². The molecular weight excluding hydrogens is 280 g/mol. The van der Waals surface area contributed by atoms with Gasteiger partial charge in [0.15, 0.2) is 0 Å². The van der Waals surface area contributed by atoms with Crippen LogP contribution in [0.25, 0.3) is 0 Å². The van der Waals surface area contributed by atoms with E-state index in [0.717, 1.165) is 25.1 Å². The van der Waals surface area contributed by atoms with E-state index in [-0.39, 0.29) is 17.7 Å². The van der Waals surface area contributed by atoms with Crippen molar-refractivity contribution in [3.63, 3.8) is 0 Å². The molecule has 5 heteroatoms. The van der Waals surface area contributed by atoms with Gasteiger partial charge in [-0.1, -0.05) is 13.8 Å². The number of carbonyl (C=O) groups excluding carboxylic acids is 2. The summed E-state index contributed by atoms with van der Waals surface area (Å²) in [5, 5.41) is 2.97. The van der Waals surface area contributed by atoms with Gasteiger partial charge < -0.3 is 14.6 Å². The Balaban J connectivity index is 1.79. The molecule has 1 fully saturated rings. The van der Waals surface area contributed by atoms with Crippen molar-refractivity contribution < 1.29 is 14.0 Å². The van der Waals surface area contributed by atoms with E-state index in [1.54, 1.807) is 6.26 Å². The highest BCUT2D eigenvalue weighted by atomic mass is 16.3. The Labute approximate surface area is 132 Å². The van der Waals surface area contributed by atoms with Crippen LogP contribution in [0.4, 0.5) is 0 Å². The second-order valence-electron chi connectivity index (χ2n) is 6.40. The highest BCUT2D eigenvalue weighted by molar-refractivity contribution is 5.81. The maximum absolute atomic E-state index is 12.3. The zero-order chi connectivity index (χ0) is 15.9. The normalized spacial score (nSPS) is 18.5. The van der Waals surface area contributed by atoms with Crippen LogP contribution in [-0.2, 0) is 16.0 Å². The van der Waals surface area contributed by atoms with Gasteiger partial charge in [-0.3, -0.25) is 9.59 Å². The number of furan rings is 1. The molecule has 1 aromatic rings. The average molecular weight is 306 g/mol. The predicted octanol–water partition coefficient (Wildman–Crippen LogP) is 2.22. The highest BCUT2D eigenvalue weighted by Crippen LogP contribution is 2.18. The minimum Gasteiger partial charge on any atom is -0.469 e. The number of aryl methyl sites for hydroxylation is 1.